The number of aryl methyl sites for hydroxylation is 3. The van der Waals surface area contributed by atoms with Gasteiger partial charge in [-0.3, -0.25) is 16.0 Å². The van der Waals surface area contributed by atoms with Crippen LogP contribution in [0.4, 0.5) is 0 Å². The minimum absolute atomic E-state index is 0.0478. The summed E-state index contributed by atoms with van der Waals surface area (Å²) in [6, 6.07) is 0.0478. The van der Waals surface area contributed by atoms with Gasteiger partial charge in [0.05, 0.1) is 12.2 Å². The van der Waals surface area contributed by atoms with Gasteiger partial charge >= 0.3 is 0 Å². The molecular formula is C13H20N4O. The van der Waals surface area contributed by atoms with Gasteiger partial charge in [0.2, 0.25) is 0 Å². The predicted molar refractivity (Wildman–Crippen MR) is 69.9 cm³/mol. The minimum atomic E-state index is 0.0478. The second kappa shape index (κ2) is 4.96. The standard InChI is InChI=1S/C13H20N4O/c1-8-9(2)18-10(3)13(8)12(16-14)5-11-6-15-17(4)7-11/h6-7,12,16H,5,14H2,1-4H3. The Morgan fingerprint density at radius 2 is 2.11 bits per heavy atom. The summed E-state index contributed by atoms with van der Waals surface area (Å²) in [6.07, 6.45) is 4.66. The van der Waals surface area contributed by atoms with Gasteiger partial charge < -0.3 is 4.42 Å². The molecule has 1 atom stereocenters. The van der Waals surface area contributed by atoms with Gasteiger partial charge in [-0.15, -0.1) is 0 Å². The van der Waals surface area contributed by atoms with Crippen LogP contribution in [-0.2, 0) is 13.5 Å². The Morgan fingerprint density at radius 1 is 1.39 bits per heavy atom. The molecule has 2 aromatic heterocycles. The van der Waals surface area contributed by atoms with Crippen LogP contribution in [0.25, 0.3) is 0 Å². The molecular weight excluding hydrogens is 228 g/mol. The highest BCUT2D eigenvalue weighted by molar-refractivity contribution is 5.35. The predicted octanol–water partition coefficient (Wildman–Crippen LogP) is 1.69. The molecule has 2 rings (SSSR count). The molecule has 0 aromatic carbocycles. The Kier molecular flexibility index (Phi) is 3.54. The van der Waals surface area contributed by atoms with Crippen molar-refractivity contribution in [3.8, 4) is 0 Å². The number of hydrogen-bond acceptors (Lipinski definition) is 4. The number of rotatable bonds is 4. The fourth-order valence-corrected chi connectivity index (χ4v) is 2.38. The lowest BCUT2D eigenvalue weighted by Crippen LogP contribution is -2.30. The number of hydrazine groups is 1. The molecule has 2 aromatic rings. The highest BCUT2D eigenvalue weighted by atomic mass is 16.3. The largest absolute Gasteiger partial charge is 0.466 e. The molecule has 0 bridgehead atoms. The van der Waals surface area contributed by atoms with E-state index in [1.165, 1.54) is 5.56 Å². The van der Waals surface area contributed by atoms with Crippen molar-refractivity contribution in [2.45, 2.75) is 33.2 Å². The highest BCUT2D eigenvalue weighted by Gasteiger charge is 2.20. The number of nitrogens with two attached hydrogens (primary N) is 1. The fraction of sp³-hybridized carbons (Fsp3) is 0.462. The number of furan rings is 1. The Morgan fingerprint density at radius 3 is 2.56 bits per heavy atom. The third-order valence-corrected chi connectivity index (χ3v) is 3.37. The zero-order valence-corrected chi connectivity index (χ0v) is 11.3. The van der Waals surface area contributed by atoms with Crippen molar-refractivity contribution < 1.29 is 4.42 Å². The molecule has 3 N–H and O–H groups in total. The number of aromatic nitrogens is 2. The summed E-state index contributed by atoms with van der Waals surface area (Å²) >= 11 is 0. The van der Waals surface area contributed by atoms with E-state index in [9.17, 15) is 0 Å². The zero-order valence-electron chi connectivity index (χ0n) is 11.3. The Hall–Kier alpha value is -1.59. The van der Waals surface area contributed by atoms with Gasteiger partial charge in [-0.1, -0.05) is 0 Å². The van der Waals surface area contributed by atoms with E-state index in [-0.39, 0.29) is 6.04 Å². The van der Waals surface area contributed by atoms with Gasteiger partial charge in [0.1, 0.15) is 11.5 Å². The van der Waals surface area contributed by atoms with Crippen molar-refractivity contribution in [1.82, 2.24) is 15.2 Å². The lowest BCUT2D eigenvalue weighted by Gasteiger charge is -2.15. The van der Waals surface area contributed by atoms with E-state index >= 15 is 0 Å². The van der Waals surface area contributed by atoms with Crippen molar-refractivity contribution in [2.24, 2.45) is 12.9 Å². The van der Waals surface area contributed by atoms with E-state index in [2.05, 4.69) is 17.4 Å². The van der Waals surface area contributed by atoms with Gasteiger partial charge in [-0.05, 0) is 38.3 Å². The van der Waals surface area contributed by atoms with Crippen LogP contribution in [0.5, 0.6) is 0 Å². The third kappa shape index (κ3) is 2.32. The van der Waals surface area contributed by atoms with Crippen LogP contribution < -0.4 is 11.3 Å². The molecule has 0 aliphatic heterocycles. The van der Waals surface area contributed by atoms with Gasteiger partial charge in [0.15, 0.2) is 0 Å². The number of nitrogens with one attached hydrogen (secondary N) is 1. The average Bonchev–Trinajstić information content (AvgIpc) is 2.82. The summed E-state index contributed by atoms with van der Waals surface area (Å²) in [5, 5.41) is 4.17. The minimum Gasteiger partial charge on any atom is -0.466 e. The third-order valence-electron chi connectivity index (χ3n) is 3.37. The first kappa shape index (κ1) is 12.9. The van der Waals surface area contributed by atoms with Crippen molar-refractivity contribution in [3.05, 3.63) is 40.6 Å². The molecule has 0 amide bonds. The molecule has 0 fully saturated rings. The van der Waals surface area contributed by atoms with Gasteiger partial charge in [0.25, 0.3) is 0 Å². The molecule has 0 radical (unpaired) electrons. The SMILES string of the molecule is Cc1oc(C)c(C(Cc2cnn(C)c2)NN)c1C. The van der Waals surface area contributed by atoms with Crippen molar-refractivity contribution >= 4 is 0 Å². The molecule has 0 saturated carbocycles. The van der Waals surface area contributed by atoms with Crippen LogP contribution in [0.3, 0.4) is 0 Å². The van der Waals surface area contributed by atoms with Crippen LogP contribution in [0.15, 0.2) is 16.8 Å². The van der Waals surface area contributed by atoms with E-state index in [1.54, 1.807) is 4.68 Å². The maximum atomic E-state index is 5.69. The fourth-order valence-electron chi connectivity index (χ4n) is 2.38. The lowest BCUT2D eigenvalue weighted by molar-refractivity contribution is 0.484. The molecule has 98 valence electrons. The normalized spacial score (nSPS) is 12.9. The Balaban J connectivity index is 2.28. The van der Waals surface area contributed by atoms with E-state index in [1.807, 2.05) is 33.3 Å². The number of nitrogens with zero attached hydrogens (tertiary/aromatic N) is 2. The molecule has 0 aliphatic rings. The summed E-state index contributed by atoms with van der Waals surface area (Å²) < 4.78 is 7.45. The quantitative estimate of drug-likeness (QED) is 0.638. The zero-order chi connectivity index (χ0) is 13.3. The lowest BCUT2D eigenvalue weighted by atomic mass is 9.98. The molecule has 5 heteroatoms. The molecule has 1 unspecified atom stereocenters. The van der Waals surface area contributed by atoms with Crippen LogP contribution in [0.1, 0.15) is 34.3 Å². The maximum Gasteiger partial charge on any atom is 0.106 e. The summed E-state index contributed by atoms with van der Waals surface area (Å²) in [5.74, 6) is 7.57. The highest BCUT2D eigenvalue weighted by Crippen LogP contribution is 2.28. The Bertz CT molecular complexity index is 541. The Labute approximate surface area is 107 Å². The second-order valence-corrected chi connectivity index (χ2v) is 4.70. The first-order valence-corrected chi connectivity index (χ1v) is 6.03. The van der Waals surface area contributed by atoms with E-state index in [0.29, 0.717) is 0 Å². The number of hydrogen-bond donors (Lipinski definition) is 2. The van der Waals surface area contributed by atoms with Gasteiger partial charge in [0, 0.05) is 18.8 Å². The van der Waals surface area contributed by atoms with Crippen LogP contribution in [-0.4, -0.2) is 9.78 Å². The van der Waals surface area contributed by atoms with Crippen molar-refractivity contribution in [2.75, 3.05) is 0 Å². The van der Waals surface area contributed by atoms with Gasteiger partial charge in [-0.25, -0.2) is 0 Å². The molecule has 0 aliphatic carbocycles. The molecule has 0 spiro atoms. The first-order chi connectivity index (χ1) is 8.52. The van der Waals surface area contributed by atoms with E-state index in [4.69, 9.17) is 10.3 Å². The van der Waals surface area contributed by atoms with E-state index < -0.39 is 0 Å². The first-order valence-electron chi connectivity index (χ1n) is 6.03. The summed E-state index contributed by atoms with van der Waals surface area (Å²) in [5.41, 5.74) is 6.34. The van der Waals surface area contributed by atoms with Crippen LogP contribution in [0.2, 0.25) is 0 Å². The summed E-state index contributed by atoms with van der Waals surface area (Å²) in [6.45, 7) is 6.02. The molecule has 2 heterocycles. The van der Waals surface area contributed by atoms with Gasteiger partial charge in [-0.2, -0.15) is 5.10 Å². The monoisotopic (exact) mass is 248 g/mol. The smallest absolute Gasteiger partial charge is 0.106 e. The maximum absolute atomic E-state index is 5.69. The topological polar surface area (TPSA) is 69.0 Å². The van der Waals surface area contributed by atoms with Crippen molar-refractivity contribution in [3.63, 3.8) is 0 Å². The van der Waals surface area contributed by atoms with Crippen molar-refractivity contribution in [1.29, 1.82) is 0 Å². The summed E-state index contributed by atoms with van der Waals surface area (Å²) in [7, 11) is 1.91. The van der Waals surface area contributed by atoms with Crippen LogP contribution in [0, 0.1) is 20.8 Å². The molecule has 0 saturated heterocycles. The molecule has 18 heavy (non-hydrogen) atoms. The average molecular weight is 248 g/mol. The summed E-state index contributed by atoms with van der Waals surface area (Å²) in [4.78, 5) is 0. The van der Waals surface area contributed by atoms with E-state index in [0.717, 1.165) is 29.1 Å². The van der Waals surface area contributed by atoms with Crippen LogP contribution >= 0.6 is 0 Å². The molecule has 5 nitrogen and oxygen atoms in total. The second-order valence-electron chi connectivity index (χ2n) is 4.70.